The molecule has 4 unspecified atom stereocenters. The molecule has 0 aromatic carbocycles. The number of thiol groups is 1. The predicted molar refractivity (Wildman–Crippen MR) is 80.4 cm³/mol. The van der Waals surface area contributed by atoms with Gasteiger partial charge in [0.05, 0.1) is 6.10 Å². The Hall–Kier alpha value is 1.45. The van der Waals surface area contributed by atoms with Crippen molar-refractivity contribution in [1.82, 2.24) is 0 Å². The van der Waals surface area contributed by atoms with E-state index in [4.69, 9.17) is 15.6 Å². The molecule has 0 aromatic rings. The minimum atomic E-state index is -0.779. The number of halogens is 1. The van der Waals surface area contributed by atoms with Crippen LogP contribution in [0.2, 0.25) is 0 Å². The molecule has 0 aromatic heterocycles. The Labute approximate surface area is 120 Å². The van der Waals surface area contributed by atoms with Crippen LogP contribution in [0.4, 0.5) is 0 Å². The highest BCUT2D eigenvalue weighted by Gasteiger charge is 2.45. The van der Waals surface area contributed by atoms with Crippen LogP contribution in [0.5, 0.6) is 0 Å². The molecule has 1 heterocycles. The van der Waals surface area contributed by atoms with Gasteiger partial charge in [-0.15, -0.1) is 9.24 Å². The summed E-state index contributed by atoms with van der Waals surface area (Å²) in [4.78, 5) is 0. The molecule has 0 spiro atoms. The molecule has 1 saturated heterocycles. The van der Waals surface area contributed by atoms with Crippen LogP contribution in [0.25, 0.3) is 0 Å². The largest absolute Gasteiger partial charge is 0.388 e. The van der Waals surface area contributed by atoms with Crippen LogP contribution < -0.4 is 0 Å². The third kappa shape index (κ3) is 3.26. The average molecular weight is 374 g/mol. The lowest BCUT2D eigenvalue weighted by Gasteiger charge is -2.28. The maximum Gasteiger partial charge on any atom is 0.125 e. The van der Waals surface area contributed by atoms with E-state index in [9.17, 15) is 5.11 Å². The summed E-state index contributed by atoms with van der Waals surface area (Å²) in [5, 5.41) is 9.80. The van der Waals surface area contributed by atoms with E-state index in [1.165, 1.54) is 0 Å². The van der Waals surface area contributed by atoms with Gasteiger partial charge in [0.2, 0.25) is 0 Å². The fourth-order valence-electron chi connectivity index (χ4n) is 1.91. The molecule has 1 fully saturated rings. The van der Waals surface area contributed by atoms with Crippen molar-refractivity contribution in [3.63, 3.8) is 0 Å². The second kappa shape index (κ2) is 7.14. The topological polar surface area (TPSA) is 38.7 Å². The number of ether oxygens (including phenoxy) is 1. The highest BCUT2D eigenvalue weighted by molar-refractivity contribution is 14.1. The lowest BCUT2D eigenvalue weighted by molar-refractivity contribution is 0.0443. The highest BCUT2D eigenvalue weighted by Crippen LogP contribution is 2.33. The summed E-state index contributed by atoms with van der Waals surface area (Å²) >= 11 is 6.36. The molecule has 0 aliphatic carbocycles. The van der Waals surface area contributed by atoms with Crippen LogP contribution in [0.15, 0.2) is 0 Å². The quantitative estimate of drug-likeness (QED) is 0.329. The molecule has 7 heteroatoms. The van der Waals surface area contributed by atoms with Gasteiger partial charge in [-0.3, -0.25) is 0 Å². The Kier molecular flexibility index (Phi) is 6.93. The maximum absolute atomic E-state index is 9.78. The molecule has 16 heavy (non-hydrogen) atoms. The van der Waals surface area contributed by atoms with E-state index in [1.807, 2.05) is 0 Å². The van der Waals surface area contributed by atoms with Gasteiger partial charge in [-0.2, -0.15) is 12.6 Å². The molecule has 1 N–H and O–H groups in total. The lowest BCUT2D eigenvalue weighted by Crippen LogP contribution is -2.40. The summed E-state index contributed by atoms with van der Waals surface area (Å²) in [6.07, 6.45) is 0.527. The number of hydrogen-bond acceptors (Lipinski definition) is 4. The van der Waals surface area contributed by atoms with Gasteiger partial charge in [-0.05, 0) is 12.1 Å². The zero-order chi connectivity index (χ0) is 12.3. The van der Waals surface area contributed by atoms with Gasteiger partial charge >= 0.3 is 0 Å². The van der Waals surface area contributed by atoms with Crippen molar-refractivity contribution >= 4 is 52.7 Å². The standard InChI is InChI=1S/C9H17BIO3PS/c1-2-4(3-15)8(16)7-6(14-11)5(12)9(10)13-7/h4-9,12,16H,2-3,15H2,1H3/t4?,5?,6?,7-,8+,9+/m0/s1. The fraction of sp³-hybridized carbons (Fsp3) is 1.00. The van der Waals surface area contributed by atoms with Crippen LogP contribution in [-0.4, -0.2) is 48.7 Å². The predicted octanol–water partition coefficient (Wildman–Crippen LogP) is 1.18. The van der Waals surface area contributed by atoms with Gasteiger partial charge in [0, 0.05) is 11.3 Å². The van der Waals surface area contributed by atoms with Crippen molar-refractivity contribution in [2.75, 3.05) is 6.16 Å². The van der Waals surface area contributed by atoms with Crippen molar-refractivity contribution in [2.45, 2.75) is 42.9 Å². The number of aliphatic hydroxyl groups is 1. The Morgan fingerprint density at radius 1 is 1.69 bits per heavy atom. The Balaban J connectivity index is 2.71. The first-order valence-corrected chi connectivity index (χ1v) is 7.52. The summed E-state index contributed by atoms with van der Waals surface area (Å²) < 4.78 is 10.8. The molecule has 1 rings (SSSR count). The van der Waals surface area contributed by atoms with E-state index in [-0.39, 0.29) is 11.4 Å². The molecular formula is C9H17BIO3PS. The smallest absolute Gasteiger partial charge is 0.125 e. The third-order valence-corrected chi connectivity index (χ3v) is 4.97. The molecule has 0 saturated carbocycles. The number of rotatable bonds is 5. The molecule has 92 valence electrons. The van der Waals surface area contributed by atoms with Crippen molar-refractivity contribution in [3.05, 3.63) is 0 Å². The van der Waals surface area contributed by atoms with Crippen molar-refractivity contribution in [1.29, 1.82) is 0 Å². The van der Waals surface area contributed by atoms with Crippen LogP contribution in [-0.2, 0) is 7.80 Å². The summed E-state index contributed by atoms with van der Waals surface area (Å²) in [6, 6.07) is -0.679. The minimum Gasteiger partial charge on any atom is -0.388 e. The molecule has 1 aliphatic heterocycles. The zero-order valence-electron chi connectivity index (χ0n) is 9.12. The van der Waals surface area contributed by atoms with E-state index in [0.717, 1.165) is 12.6 Å². The first kappa shape index (κ1) is 15.5. The summed E-state index contributed by atoms with van der Waals surface area (Å²) in [6.45, 7) is 2.11. The van der Waals surface area contributed by atoms with E-state index < -0.39 is 18.2 Å². The van der Waals surface area contributed by atoms with Gasteiger partial charge in [-0.25, -0.2) is 0 Å². The summed E-state index contributed by atoms with van der Waals surface area (Å²) in [5.74, 6) is 0.407. The van der Waals surface area contributed by atoms with Crippen molar-refractivity contribution in [2.24, 2.45) is 5.92 Å². The SMILES string of the molecule is [B][C@@H]1O[C@H]([C@H](S)C(CC)CP)C(OI)C1O. The first-order valence-electron chi connectivity index (χ1n) is 5.31. The number of hydrogen-bond donors (Lipinski definition) is 2. The lowest BCUT2D eigenvalue weighted by atomic mass is 9.91. The second-order valence-corrected chi connectivity index (χ2v) is 5.58. The van der Waals surface area contributed by atoms with Crippen molar-refractivity contribution < 1.29 is 12.9 Å². The van der Waals surface area contributed by atoms with Crippen LogP contribution >= 0.6 is 44.9 Å². The van der Waals surface area contributed by atoms with Gasteiger partial charge < -0.3 is 12.9 Å². The van der Waals surface area contributed by atoms with Crippen LogP contribution in [0, 0.1) is 5.92 Å². The van der Waals surface area contributed by atoms with E-state index in [2.05, 4.69) is 28.8 Å². The van der Waals surface area contributed by atoms with Gasteiger partial charge in [0.1, 0.15) is 43.1 Å². The van der Waals surface area contributed by atoms with Gasteiger partial charge in [0.15, 0.2) is 0 Å². The van der Waals surface area contributed by atoms with E-state index in [0.29, 0.717) is 5.92 Å². The molecular weight excluding hydrogens is 357 g/mol. The normalized spacial score (nSPS) is 38.6. The van der Waals surface area contributed by atoms with Gasteiger partial charge in [0.25, 0.3) is 0 Å². The molecule has 0 amide bonds. The fourth-order valence-corrected chi connectivity index (χ4v) is 3.93. The molecule has 3 nitrogen and oxygen atoms in total. The van der Waals surface area contributed by atoms with Crippen LogP contribution in [0.3, 0.4) is 0 Å². The molecule has 7 atom stereocenters. The summed E-state index contributed by atoms with van der Waals surface area (Å²) in [5.41, 5.74) is 0. The molecule has 0 bridgehead atoms. The monoisotopic (exact) mass is 374 g/mol. The summed E-state index contributed by atoms with van der Waals surface area (Å²) in [7, 11) is 8.38. The Bertz CT molecular complexity index is 223. The second-order valence-electron chi connectivity index (χ2n) is 4.00. The van der Waals surface area contributed by atoms with E-state index in [1.54, 1.807) is 23.0 Å². The highest BCUT2D eigenvalue weighted by atomic mass is 127. The average Bonchev–Trinajstić information content (AvgIpc) is 2.56. The number of aliphatic hydroxyl groups excluding tert-OH is 1. The van der Waals surface area contributed by atoms with Crippen LogP contribution in [0.1, 0.15) is 13.3 Å². The Morgan fingerprint density at radius 3 is 2.75 bits per heavy atom. The third-order valence-electron chi connectivity index (χ3n) is 3.06. The maximum atomic E-state index is 9.78. The molecule has 1 aliphatic rings. The first-order chi connectivity index (χ1) is 7.56. The van der Waals surface area contributed by atoms with Gasteiger partial charge in [-0.1, -0.05) is 13.3 Å². The zero-order valence-corrected chi connectivity index (χ0v) is 13.3. The molecule has 2 radical (unpaired) electrons. The van der Waals surface area contributed by atoms with E-state index >= 15 is 0 Å². The Morgan fingerprint density at radius 2 is 2.31 bits per heavy atom. The minimum absolute atomic E-state index is 0.0189. The van der Waals surface area contributed by atoms with Crippen molar-refractivity contribution in [3.8, 4) is 0 Å².